The van der Waals surface area contributed by atoms with E-state index in [4.69, 9.17) is 4.74 Å². The first-order chi connectivity index (χ1) is 13.3. The molecule has 0 aliphatic carbocycles. The van der Waals surface area contributed by atoms with Crippen LogP contribution in [-0.2, 0) is 16.1 Å². The number of phenols is 1. The van der Waals surface area contributed by atoms with E-state index in [2.05, 4.69) is 4.90 Å². The lowest BCUT2D eigenvalue weighted by Gasteiger charge is -2.29. The van der Waals surface area contributed by atoms with E-state index in [9.17, 15) is 19.5 Å². The molecule has 0 aromatic heterocycles. The Hall–Kier alpha value is -2.87. The summed E-state index contributed by atoms with van der Waals surface area (Å²) >= 11 is 0. The molecule has 1 N–H and O–H groups in total. The summed E-state index contributed by atoms with van der Waals surface area (Å²) in [6, 6.07) is 2.65. The number of likely N-dealkylation sites (N-methyl/N-ethyl adjacent to an activating group) is 2. The van der Waals surface area contributed by atoms with E-state index in [-0.39, 0.29) is 17.1 Å². The van der Waals surface area contributed by atoms with Gasteiger partial charge >= 0.3 is 6.03 Å². The molecule has 0 unspecified atom stereocenters. The molecule has 28 heavy (non-hydrogen) atoms. The molecule has 1 aromatic rings. The average Bonchev–Trinajstić information content (AvgIpc) is 2.71. The maximum Gasteiger partial charge on any atom is 0.333 e. The Morgan fingerprint density at radius 3 is 2.21 bits per heavy atom. The highest BCUT2D eigenvalue weighted by atomic mass is 16.5. The van der Waals surface area contributed by atoms with Gasteiger partial charge in [0.15, 0.2) is 11.5 Å². The number of urea groups is 1. The third-order valence-electron chi connectivity index (χ3n) is 5.19. The van der Waals surface area contributed by atoms with Crippen LogP contribution in [0.1, 0.15) is 30.4 Å². The van der Waals surface area contributed by atoms with Crippen LogP contribution < -0.4 is 4.74 Å². The van der Waals surface area contributed by atoms with Gasteiger partial charge in [-0.25, -0.2) is 4.79 Å². The van der Waals surface area contributed by atoms with Crippen LogP contribution in [0.15, 0.2) is 17.7 Å². The molecule has 3 rings (SSSR count). The number of hydrogen-bond acceptors (Lipinski definition) is 6. The van der Waals surface area contributed by atoms with Crippen molar-refractivity contribution in [1.29, 1.82) is 0 Å². The molecule has 2 aliphatic rings. The molecule has 0 spiro atoms. The second-order valence-electron chi connectivity index (χ2n) is 7.14. The second-order valence-corrected chi connectivity index (χ2v) is 7.14. The highest BCUT2D eigenvalue weighted by molar-refractivity contribution is 6.30. The summed E-state index contributed by atoms with van der Waals surface area (Å²) in [5.41, 5.74) is 1.11. The van der Waals surface area contributed by atoms with Gasteiger partial charge in [0.25, 0.3) is 11.8 Å². The predicted octanol–water partition coefficient (Wildman–Crippen LogP) is 1.82. The number of barbiturate groups is 1. The first-order valence-corrected chi connectivity index (χ1v) is 9.27. The maximum atomic E-state index is 12.4. The van der Waals surface area contributed by atoms with Crippen LogP contribution in [0.4, 0.5) is 4.79 Å². The summed E-state index contributed by atoms with van der Waals surface area (Å²) in [4.78, 5) is 40.8. The monoisotopic (exact) mass is 387 g/mol. The van der Waals surface area contributed by atoms with E-state index >= 15 is 0 Å². The topological polar surface area (TPSA) is 90.4 Å². The van der Waals surface area contributed by atoms with E-state index < -0.39 is 17.8 Å². The van der Waals surface area contributed by atoms with Gasteiger partial charge in [-0.1, -0.05) is 6.42 Å². The minimum Gasteiger partial charge on any atom is -0.504 e. The van der Waals surface area contributed by atoms with Crippen molar-refractivity contribution in [2.24, 2.45) is 0 Å². The molecule has 0 bridgehead atoms. The number of benzene rings is 1. The van der Waals surface area contributed by atoms with Gasteiger partial charge in [-0.3, -0.25) is 24.3 Å². The van der Waals surface area contributed by atoms with Crippen LogP contribution in [-0.4, -0.2) is 71.9 Å². The summed E-state index contributed by atoms with van der Waals surface area (Å²) in [5, 5.41) is 10.5. The zero-order valence-corrected chi connectivity index (χ0v) is 16.4. The molecule has 2 saturated heterocycles. The van der Waals surface area contributed by atoms with Crippen LogP contribution in [0.5, 0.6) is 11.5 Å². The summed E-state index contributed by atoms with van der Waals surface area (Å²) in [7, 11) is 4.12. The molecule has 0 atom stereocenters. The van der Waals surface area contributed by atoms with Crippen LogP contribution in [0.25, 0.3) is 6.08 Å². The van der Waals surface area contributed by atoms with Crippen molar-refractivity contribution >= 4 is 23.9 Å². The number of nitrogens with zero attached hydrogens (tertiary/aromatic N) is 3. The quantitative estimate of drug-likeness (QED) is 0.626. The molecular weight excluding hydrogens is 362 g/mol. The van der Waals surface area contributed by atoms with Crippen LogP contribution in [0, 0.1) is 0 Å². The highest BCUT2D eigenvalue weighted by Gasteiger charge is 2.37. The first kappa shape index (κ1) is 19.9. The number of amides is 4. The van der Waals surface area contributed by atoms with Crippen LogP contribution in [0.3, 0.4) is 0 Å². The fraction of sp³-hybridized carbons (Fsp3) is 0.450. The minimum atomic E-state index is -0.666. The van der Waals surface area contributed by atoms with Crippen molar-refractivity contribution < 1.29 is 24.2 Å². The lowest BCUT2D eigenvalue weighted by molar-refractivity contribution is -0.134. The van der Waals surface area contributed by atoms with E-state index in [0.717, 1.165) is 35.7 Å². The molecule has 0 radical (unpaired) electrons. The highest BCUT2D eigenvalue weighted by Crippen LogP contribution is 2.34. The summed E-state index contributed by atoms with van der Waals surface area (Å²) in [6.45, 7) is 2.48. The number of carbonyl (C=O) groups excluding carboxylic acids is 3. The number of aromatic hydroxyl groups is 1. The molecule has 8 heteroatoms. The average molecular weight is 387 g/mol. The zero-order valence-electron chi connectivity index (χ0n) is 16.4. The Labute approximate surface area is 164 Å². The lowest BCUT2D eigenvalue weighted by Crippen LogP contribution is -2.52. The van der Waals surface area contributed by atoms with Crippen LogP contribution in [0.2, 0.25) is 0 Å². The molecule has 0 saturated carbocycles. The van der Waals surface area contributed by atoms with Crippen molar-refractivity contribution in [3.63, 3.8) is 0 Å². The second kappa shape index (κ2) is 8.02. The van der Waals surface area contributed by atoms with Gasteiger partial charge in [0, 0.05) is 26.2 Å². The predicted molar refractivity (Wildman–Crippen MR) is 103 cm³/mol. The lowest BCUT2D eigenvalue weighted by atomic mass is 10.0. The van der Waals surface area contributed by atoms with E-state index in [1.165, 1.54) is 33.7 Å². The molecule has 1 aromatic carbocycles. The van der Waals surface area contributed by atoms with Gasteiger partial charge in [0.2, 0.25) is 0 Å². The Bertz CT molecular complexity index is 816. The standard InChI is InChI=1S/C20H25N3O5/c1-21-18(25)15(19(26)22(2)20(21)27)10-13-9-14(17(24)16(11-13)28-3)12-23-7-5-4-6-8-23/h9-11,24H,4-8,12H2,1-3H3. The van der Waals surface area contributed by atoms with E-state index in [1.54, 1.807) is 12.1 Å². The molecular formula is C20H25N3O5. The smallest absolute Gasteiger partial charge is 0.333 e. The molecule has 8 nitrogen and oxygen atoms in total. The van der Waals surface area contributed by atoms with Gasteiger partial charge in [-0.05, 0) is 49.7 Å². The normalized spacial score (nSPS) is 18.7. The number of likely N-dealkylation sites (tertiary alicyclic amines) is 1. The number of phenolic OH excluding ortho intramolecular Hbond substituents is 1. The summed E-state index contributed by atoms with van der Waals surface area (Å²) in [6.07, 6.45) is 4.89. The van der Waals surface area contributed by atoms with Gasteiger partial charge in [-0.15, -0.1) is 0 Å². The van der Waals surface area contributed by atoms with Gasteiger partial charge < -0.3 is 9.84 Å². The zero-order chi connectivity index (χ0) is 20.4. The van der Waals surface area contributed by atoms with Gasteiger partial charge in [0.05, 0.1) is 7.11 Å². The van der Waals surface area contributed by atoms with Crippen molar-refractivity contribution in [3.05, 3.63) is 28.8 Å². The van der Waals surface area contributed by atoms with E-state index in [0.29, 0.717) is 17.7 Å². The molecule has 2 heterocycles. The molecule has 150 valence electrons. The van der Waals surface area contributed by atoms with Crippen molar-refractivity contribution in [1.82, 2.24) is 14.7 Å². The fourth-order valence-corrected chi connectivity index (χ4v) is 3.55. The third kappa shape index (κ3) is 3.73. The fourth-order valence-electron chi connectivity index (χ4n) is 3.55. The van der Waals surface area contributed by atoms with Crippen molar-refractivity contribution in [2.45, 2.75) is 25.8 Å². The molecule has 2 aliphatic heterocycles. The number of carbonyl (C=O) groups is 3. The number of ether oxygens (including phenoxy) is 1. The Morgan fingerprint density at radius 1 is 1.04 bits per heavy atom. The summed E-state index contributed by atoms with van der Waals surface area (Å²) < 4.78 is 5.28. The number of methoxy groups -OCH3 is 1. The minimum absolute atomic E-state index is 0.0564. The Kier molecular flexibility index (Phi) is 5.69. The number of piperidine rings is 1. The largest absolute Gasteiger partial charge is 0.504 e. The van der Waals surface area contributed by atoms with Crippen molar-refractivity contribution in [3.8, 4) is 11.5 Å². The number of hydrogen-bond donors (Lipinski definition) is 1. The first-order valence-electron chi connectivity index (χ1n) is 9.27. The van der Waals surface area contributed by atoms with Crippen molar-refractivity contribution in [2.75, 3.05) is 34.3 Å². The van der Waals surface area contributed by atoms with Gasteiger partial charge in [-0.2, -0.15) is 0 Å². The molecule has 2 fully saturated rings. The summed E-state index contributed by atoms with van der Waals surface area (Å²) in [5.74, 6) is -0.980. The third-order valence-corrected chi connectivity index (χ3v) is 5.19. The number of rotatable bonds is 4. The van der Waals surface area contributed by atoms with Gasteiger partial charge in [0.1, 0.15) is 5.57 Å². The van der Waals surface area contributed by atoms with E-state index in [1.807, 2.05) is 0 Å². The number of imide groups is 2. The molecule has 4 amide bonds. The Morgan fingerprint density at radius 2 is 1.64 bits per heavy atom. The maximum absolute atomic E-state index is 12.4. The Balaban J connectivity index is 1.97. The van der Waals surface area contributed by atoms with Crippen LogP contribution >= 0.6 is 0 Å². The SMILES string of the molecule is COc1cc(C=C2C(=O)N(C)C(=O)N(C)C2=O)cc(CN2CCCCC2)c1O.